The Morgan fingerprint density at radius 3 is 2.61 bits per heavy atom. The average Bonchev–Trinajstić information content (AvgIpc) is 2.93. The first-order valence-electron chi connectivity index (χ1n) is 7.60. The molecule has 0 spiro atoms. The van der Waals surface area contributed by atoms with E-state index in [9.17, 15) is 4.79 Å². The Morgan fingerprint density at radius 2 is 2.09 bits per heavy atom. The molecule has 1 aromatic carbocycles. The minimum Gasteiger partial charge on any atom is -0.497 e. The topological polar surface area (TPSA) is 67.6 Å². The lowest BCUT2D eigenvalue weighted by molar-refractivity contribution is -0.121. The number of hydrogen-bond acceptors (Lipinski definition) is 5. The van der Waals surface area contributed by atoms with Gasteiger partial charge in [-0.2, -0.15) is 0 Å². The molecule has 23 heavy (non-hydrogen) atoms. The summed E-state index contributed by atoms with van der Waals surface area (Å²) in [5, 5.41) is 6.59. The number of rotatable bonds is 7. The normalized spacial score (nSPS) is 12.2. The molecule has 0 aliphatic carbocycles. The highest BCUT2D eigenvalue weighted by molar-refractivity contribution is 5.93. The largest absolute Gasteiger partial charge is 0.497 e. The summed E-state index contributed by atoms with van der Waals surface area (Å²) in [4.78, 5) is 14.4. The minimum absolute atomic E-state index is 0.0863. The van der Waals surface area contributed by atoms with Crippen LogP contribution in [0.2, 0.25) is 0 Å². The molecule has 1 amide bonds. The number of methoxy groups -OCH3 is 1. The van der Waals surface area contributed by atoms with E-state index in [1.165, 1.54) is 0 Å². The highest BCUT2D eigenvalue weighted by Gasteiger charge is 2.22. The smallest absolute Gasteiger partial charge is 0.242 e. The van der Waals surface area contributed by atoms with Gasteiger partial charge in [0.25, 0.3) is 0 Å². The fraction of sp³-hybridized carbons (Fsp3) is 0.412. The van der Waals surface area contributed by atoms with Gasteiger partial charge in [0.15, 0.2) is 5.82 Å². The standard InChI is InChI=1S/C17H23N3O3/c1-5-15(17(21)18-16-10-12(2)23-19-16)20(3)11-13-6-8-14(22-4)9-7-13/h6-10,15H,5,11H2,1-4H3,(H,18,19,21). The van der Waals surface area contributed by atoms with Crippen LogP contribution in [0, 0.1) is 6.92 Å². The molecular weight excluding hydrogens is 294 g/mol. The summed E-state index contributed by atoms with van der Waals surface area (Å²) in [6, 6.07) is 9.30. The van der Waals surface area contributed by atoms with E-state index < -0.39 is 0 Å². The number of ether oxygens (including phenoxy) is 1. The number of hydrogen-bond donors (Lipinski definition) is 1. The minimum atomic E-state index is -0.242. The van der Waals surface area contributed by atoms with Crippen LogP contribution in [0.5, 0.6) is 5.75 Å². The molecule has 1 atom stereocenters. The van der Waals surface area contributed by atoms with Gasteiger partial charge in [0.2, 0.25) is 5.91 Å². The Morgan fingerprint density at radius 1 is 1.39 bits per heavy atom. The lowest BCUT2D eigenvalue weighted by atomic mass is 10.1. The van der Waals surface area contributed by atoms with Crippen LogP contribution in [-0.4, -0.2) is 36.2 Å². The second-order valence-electron chi connectivity index (χ2n) is 5.50. The van der Waals surface area contributed by atoms with Crippen LogP contribution >= 0.6 is 0 Å². The van der Waals surface area contributed by atoms with Crippen molar-refractivity contribution in [2.75, 3.05) is 19.5 Å². The van der Waals surface area contributed by atoms with E-state index in [1.54, 1.807) is 20.1 Å². The van der Waals surface area contributed by atoms with Gasteiger partial charge < -0.3 is 14.6 Å². The lowest BCUT2D eigenvalue weighted by Gasteiger charge is -2.25. The third-order valence-corrected chi connectivity index (χ3v) is 3.69. The highest BCUT2D eigenvalue weighted by atomic mass is 16.5. The zero-order chi connectivity index (χ0) is 16.8. The summed E-state index contributed by atoms with van der Waals surface area (Å²) < 4.78 is 10.1. The quantitative estimate of drug-likeness (QED) is 0.850. The number of amides is 1. The molecule has 0 radical (unpaired) electrons. The predicted molar refractivity (Wildman–Crippen MR) is 88.4 cm³/mol. The van der Waals surface area contributed by atoms with Crippen molar-refractivity contribution in [1.82, 2.24) is 10.1 Å². The van der Waals surface area contributed by atoms with Gasteiger partial charge in [-0.3, -0.25) is 9.69 Å². The van der Waals surface area contributed by atoms with E-state index in [0.29, 0.717) is 24.5 Å². The Balaban J connectivity index is 1.98. The van der Waals surface area contributed by atoms with Gasteiger partial charge >= 0.3 is 0 Å². The van der Waals surface area contributed by atoms with Crippen molar-refractivity contribution in [3.05, 3.63) is 41.7 Å². The summed E-state index contributed by atoms with van der Waals surface area (Å²) in [6.45, 7) is 4.45. The molecule has 1 heterocycles. The Labute approximate surface area is 136 Å². The number of anilines is 1. The molecule has 1 unspecified atom stereocenters. The lowest BCUT2D eigenvalue weighted by Crippen LogP contribution is -2.41. The van der Waals surface area contributed by atoms with Crippen molar-refractivity contribution in [3.63, 3.8) is 0 Å². The van der Waals surface area contributed by atoms with Crippen LogP contribution in [0.25, 0.3) is 0 Å². The number of carbonyl (C=O) groups excluding carboxylic acids is 1. The van der Waals surface area contributed by atoms with Crippen LogP contribution in [0.3, 0.4) is 0 Å². The Kier molecular flexibility index (Phi) is 5.76. The zero-order valence-electron chi connectivity index (χ0n) is 14.0. The maximum Gasteiger partial charge on any atom is 0.242 e. The molecule has 0 fully saturated rings. The third kappa shape index (κ3) is 4.56. The van der Waals surface area contributed by atoms with E-state index in [2.05, 4.69) is 10.5 Å². The molecule has 0 bridgehead atoms. The molecule has 6 heteroatoms. The number of benzene rings is 1. The van der Waals surface area contributed by atoms with E-state index in [4.69, 9.17) is 9.26 Å². The first-order valence-corrected chi connectivity index (χ1v) is 7.60. The number of carbonyl (C=O) groups is 1. The van der Waals surface area contributed by atoms with Crippen LogP contribution in [-0.2, 0) is 11.3 Å². The third-order valence-electron chi connectivity index (χ3n) is 3.69. The molecule has 0 saturated carbocycles. The number of likely N-dealkylation sites (N-methyl/N-ethyl adjacent to an activating group) is 1. The molecule has 6 nitrogen and oxygen atoms in total. The fourth-order valence-corrected chi connectivity index (χ4v) is 2.46. The van der Waals surface area contributed by atoms with E-state index >= 15 is 0 Å². The summed E-state index contributed by atoms with van der Waals surface area (Å²) in [6.07, 6.45) is 0.704. The molecule has 124 valence electrons. The summed E-state index contributed by atoms with van der Waals surface area (Å²) in [7, 11) is 3.58. The van der Waals surface area contributed by atoms with Gasteiger partial charge in [-0.05, 0) is 38.1 Å². The monoisotopic (exact) mass is 317 g/mol. The van der Waals surface area contributed by atoms with Crippen molar-refractivity contribution in [2.24, 2.45) is 0 Å². The maximum atomic E-state index is 12.4. The van der Waals surface area contributed by atoms with Gasteiger partial charge in [-0.1, -0.05) is 24.2 Å². The van der Waals surface area contributed by atoms with Crippen LogP contribution in [0.15, 0.2) is 34.9 Å². The number of nitrogens with one attached hydrogen (secondary N) is 1. The van der Waals surface area contributed by atoms with Gasteiger partial charge in [0.05, 0.1) is 13.2 Å². The first kappa shape index (κ1) is 17.0. The van der Waals surface area contributed by atoms with E-state index in [1.807, 2.05) is 43.1 Å². The van der Waals surface area contributed by atoms with Crippen molar-refractivity contribution in [2.45, 2.75) is 32.9 Å². The number of aromatic nitrogens is 1. The van der Waals surface area contributed by atoms with Crippen molar-refractivity contribution >= 4 is 11.7 Å². The van der Waals surface area contributed by atoms with Gasteiger partial charge in [-0.15, -0.1) is 0 Å². The highest BCUT2D eigenvalue weighted by Crippen LogP contribution is 2.15. The molecule has 0 saturated heterocycles. The number of nitrogens with zero attached hydrogens (tertiary/aromatic N) is 2. The SMILES string of the molecule is CCC(C(=O)Nc1cc(C)on1)N(C)Cc1ccc(OC)cc1. The van der Waals surface area contributed by atoms with Crippen molar-refractivity contribution in [1.29, 1.82) is 0 Å². The molecule has 1 aromatic heterocycles. The van der Waals surface area contributed by atoms with Crippen LogP contribution < -0.4 is 10.1 Å². The van der Waals surface area contributed by atoms with Gasteiger partial charge in [0, 0.05) is 12.6 Å². The Bertz CT molecular complexity index is 637. The second kappa shape index (κ2) is 7.78. The summed E-state index contributed by atoms with van der Waals surface area (Å²) >= 11 is 0. The van der Waals surface area contributed by atoms with Gasteiger partial charge in [-0.25, -0.2) is 0 Å². The average molecular weight is 317 g/mol. The zero-order valence-corrected chi connectivity index (χ0v) is 14.0. The maximum absolute atomic E-state index is 12.4. The Hall–Kier alpha value is -2.34. The predicted octanol–water partition coefficient (Wildman–Crippen LogP) is 2.84. The second-order valence-corrected chi connectivity index (χ2v) is 5.50. The van der Waals surface area contributed by atoms with Crippen LogP contribution in [0.1, 0.15) is 24.7 Å². The fourth-order valence-electron chi connectivity index (χ4n) is 2.46. The molecule has 1 N–H and O–H groups in total. The van der Waals surface area contributed by atoms with E-state index in [0.717, 1.165) is 11.3 Å². The van der Waals surface area contributed by atoms with Gasteiger partial charge in [0.1, 0.15) is 11.5 Å². The first-order chi connectivity index (χ1) is 11.0. The molecular formula is C17H23N3O3. The van der Waals surface area contributed by atoms with Crippen molar-refractivity contribution < 1.29 is 14.1 Å². The molecule has 0 aliphatic rings. The molecule has 0 aliphatic heterocycles. The van der Waals surface area contributed by atoms with E-state index in [-0.39, 0.29) is 11.9 Å². The van der Waals surface area contributed by atoms with Crippen molar-refractivity contribution in [3.8, 4) is 5.75 Å². The summed E-state index contributed by atoms with van der Waals surface area (Å²) in [5.74, 6) is 1.85. The molecule has 2 aromatic rings. The number of aryl methyl sites for hydroxylation is 1. The summed E-state index contributed by atoms with van der Waals surface area (Å²) in [5.41, 5.74) is 1.12. The molecule has 2 rings (SSSR count). The van der Waals surface area contributed by atoms with Crippen LogP contribution in [0.4, 0.5) is 5.82 Å².